The molecule has 1 heterocycles. The van der Waals surface area contributed by atoms with Gasteiger partial charge in [-0.3, -0.25) is 9.59 Å². The van der Waals surface area contributed by atoms with E-state index in [0.717, 1.165) is 4.68 Å². The van der Waals surface area contributed by atoms with Gasteiger partial charge in [-0.2, -0.15) is 4.98 Å². The van der Waals surface area contributed by atoms with Crippen LogP contribution in [0.25, 0.3) is 0 Å². The Morgan fingerprint density at radius 3 is 2.64 bits per heavy atom. The smallest absolute Gasteiger partial charge is 0.375 e. The lowest BCUT2D eigenvalue weighted by atomic mass is 10.4. The summed E-state index contributed by atoms with van der Waals surface area (Å²) in [6.45, 7) is 1.14. The number of carboxylic acids is 1. The Morgan fingerprint density at radius 2 is 2.21 bits per heavy atom. The number of aldehydes is 1. The van der Waals surface area contributed by atoms with Crippen LogP contribution in [-0.4, -0.2) is 37.9 Å². The third-order valence-corrected chi connectivity index (χ3v) is 1.37. The van der Waals surface area contributed by atoms with Gasteiger partial charge in [0.05, 0.1) is 0 Å². The molecular weight excluding hydrogens is 190 g/mol. The van der Waals surface area contributed by atoms with Crippen molar-refractivity contribution >= 4 is 18.0 Å². The SMILES string of the molecule is CC(=O)Cn1nc(C(=O)O)nc1C=O. The van der Waals surface area contributed by atoms with Gasteiger partial charge in [0, 0.05) is 0 Å². The highest BCUT2D eigenvalue weighted by molar-refractivity contribution is 5.84. The van der Waals surface area contributed by atoms with Crippen LogP contribution in [0.1, 0.15) is 28.2 Å². The minimum atomic E-state index is -1.34. The highest BCUT2D eigenvalue weighted by Crippen LogP contribution is 1.96. The van der Waals surface area contributed by atoms with Crippen molar-refractivity contribution in [1.29, 1.82) is 0 Å². The number of aromatic carboxylic acids is 1. The Labute approximate surface area is 78.4 Å². The van der Waals surface area contributed by atoms with E-state index in [-0.39, 0.29) is 18.2 Å². The van der Waals surface area contributed by atoms with Crippen LogP contribution >= 0.6 is 0 Å². The molecule has 0 spiro atoms. The number of rotatable bonds is 4. The summed E-state index contributed by atoms with van der Waals surface area (Å²) in [5.74, 6) is -2.24. The number of aromatic nitrogens is 3. The molecule has 1 N–H and O–H groups in total. The molecule has 0 aliphatic heterocycles. The summed E-state index contributed by atoms with van der Waals surface area (Å²) in [6.07, 6.45) is 0.350. The summed E-state index contributed by atoms with van der Waals surface area (Å²) < 4.78 is 0.957. The first kappa shape index (κ1) is 10.0. The van der Waals surface area contributed by atoms with Crippen LogP contribution in [0.4, 0.5) is 0 Å². The summed E-state index contributed by atoms with van der Waals surface area (Å²) in [5, 5.41) is 12.0. The zero-order valence-corrected chi connectivity index (χ0v) is 7.30. The summed E-state index contributed by atoms with van der Waals surface area (Å²) in [7, 11) is 0. The van der Waals surface area contributed by atoms with Crippen LogP contribution in [-0.2, 0) is 11.3 Å². The van der Waals surface area contributed by atoms with E-state index in [2.05, 4.69) is 10.1 Å². The predicted molar refractivity (Wildman–Crippen MR) is 43.0 cm³/mol. The van der Waals surface area contributed by atoms with Gasteiger partial charge in [-0.1, -0.05) is 0 Å². The quantitative estimate of drug-likeness (QED) is 0.645. The molecule has 74 valence electrons. The molecule has 7 nitrogen and oxygen atoms in total. The van der Waals surface area contributed by atoms with Crippen molar-refractivity contribution in [2.24, 2.45) is 0 Å². The zero-order valence-electron chi connectivity index (χ0n) is 7.30. The maximum Gasteiger partial charge on any atom is 0.375 e. The second kappa shape index (κ2) is 3.77. The minimum Gasteiger partial charge on any atom is -0.475 e. The average Bonchev–Trinajstić information content (AvgIpc) is 2.46. The Hall–Kier alpha value is -2.05. The lowest BCUT2D eigenvalue weighted by Crippen LogP contribution is -2.11. The molecule has 0 aliphatic carbocycles. The topological polar surface area (TPSA) is 102 Å². The molecule has 0 amide bonds. The number of nitrogens with zero attached hydrogens (tertiary/aromatic N) is 3. The van der Waals surface area contributed by atoms with Gasteiger partial charge in [-0.05, 0) is 6.92 Å². The number of hydrogen-bond acceptors (Lipinski definition) is 5. The predicted octanol–water partition coefficient (Wildman–Crippen LogP) is -0.622. The molecule has 7 heteroatoms. The lowest BCUT2D eigenvalue weighted by Gasteiger charge is -1.95. The number of Topliss-reactive ketones (excluding diaryl/α,β-unsaturated/α-hetero) is 1. The first-order valence-corrected chi connectivity index (χ1v) is 3.67. The molecule has 0 bridgehead atoms. The van der Waals surface area contributed by atoms with Gasteiger partial charge >= 0.3 is 5.97 Å². The second-order valence-electron chi connectivity index (χ2n) is 2.58. The molecule has 1 aromatic heterocycles. The van der Waals surface area contributed by atoms with E-state index >= 15 is 0 Å². The van der Waals surface area contributed by atoms with Gasteiger partial charge in [0.2, 0.25) is 0 Å². The van der Waals surface area contributed by atoms with E-state index in [1.165, 1.54) is 6.92 Å². The maximum absolute atomic E-state index is 10.7. The first-order chi connectivity index (χ1) is 6.54. The van der Waals surface area contributed by atoms with Gasteiger partial charge < -0.3 is 5.11 Å². The molecule has 0 aromatic carbocycles. The van der Waals surface area contributed by atoms with Crippen LogP contribution < -0.4 is 0 Å². The Balaban J connectivity index is 3.08. The Bertz CT molecular complexity index is 396. The molecule has 0 atom stereocenters. The van der Waals surface area contributed by atoms with Crippen LogP contribution in [0.15, 0.2) is 0 Å². The first-order valence-electron chi connectivity index (χ1n) is 3.67. The minimum absolute atomic E-state index is 0.158. The van der Waals surface area contributed by atoms with E-state index in [0.29, 0.717) is 6.29 Å². The largest absolute Gasteiger partial charge is 0.475 e. The highest BCUT2D eigenvalue weighted by atomic mass is 16.4. The molecular formula is C7H7N3O4. The fourth-order valence-electron chi connectivity index (χ4n) is 0.859. The molecule has 14 heavy (non-hydrogen) atoms. The normalized spacial score (nSPS) is 9.79. The zero-order chi connectivity index (χ0) is 10.7. The van der Waals surface area contributed by atoms with Crippen molar-refractivity contribution in [3.8, 4) is 0 Å². The van der Waals surface area contributed by atoms with E-state index in [4.69, 9.17) is 5.11 Å². The van der Waals surface area contributed by atoms with Crippen LogP contribution in [0.5, 0.6) is 0 Å². The van der Waals surface area contributed by atoms with Crippen molar-refractivity contribution in [1.82, 2.24) is 14.8 Å². The Kier molecular flexibility index (Phi) is 2.70. The van der Waals surface area contributed by atoms with Crippen molar-refractivity contribution in [3.05, 3.63) is 11.6 Å². The monoisotopic (exact) mass is 197 g/mol. The molecule has 0 aliphatic rings. The third kappa shape index (κ3) is 2.00. The molecule has 0 radical (unpaired) electrons. The van der Waals surface area contributed by atoms with Gasteiger partial charge in [0.15, 0.2) is 17.9 Å². The van der Waals surface area contributed by atoms with E-state index < -0.39 is 11.8 Å². The Morgan fingerprint density at radius 1 is 1.57 bits per heavy atom. The van der Waals surface area contributed by atoms with Crippen LogP contribution in [0.3, 0.4) is 0 Å². The fourth-order valence-corrected chi connectivity index (χ4v) is 0.859. The average molecular weight is 197 g/mol. The maximum atomic E-state index is 10.7. The van der Waals surface area contributed by atoms with Crippen LogP contribution in [0.2, 0.25) is 0 Å². The van der Waals surface area contributed by atoms with E-state index in [9.17, 15) is 14.4 Å². The fraction of sp³-hybridized carbons (Fsp3) is 0.286. The standard InChI is InChI=1S/C7H7N3O4/c1-4(12)2-10-5(3-11)8-6(9-10)7(13)14/h3H,2H2,1H3,(H,13,14). The van der Waals surface area contributed by atoms with Gasteiger partial charge in [0.25, 0.3) is 5.82 Å². The third-order valence-electron chi connectivity index (χ3n) is 1.37. The molecule has 0 saturated heterocycles. The lowest BCUT2D eigenvalue weighted by molar-refractivity contribution is -0.117. The number of hydrogen-bond donors (Lipinski definition) is 1. The van der Waals surface area contributed by atoms with Crippen LogP contribution in [0, 0.1) is 0 Å². The number of ketones is 1. The summed E-state index contributed by atoms with van der Waals surface area (Å²) in [6, 6.07) is 0. The number of carbonyl (C=O) groups excluding carboxylic acids is 2. The molecule has 0 fully saturated rings. The van der Waals surface area contributed by atoms with Crippen molar-refractivity contribution in [3.63, 3.8) is 0 Å². The number of carboxylic acid groups (broad SMARTS) is 1. The van der Waals surface area contributed by atoms with E-state index in [1.54, 1.807) is 0 Å². The molecule has 0 saturated carbocycles. The summed E-state index contributed by atoms with van der Waals surface area (Å²) >= 11 is 0. The molecule has 0 unspecified atom stereocenters. The number of carbonyl (C=O) groups is 3. The van der Waals surface area contributed by atoms with Gasteiger partial charge in [0.1, 0.15) is 6.54 Å². The van der Waals surface area contributed by atoms with E-state index in [1.807, 2.05) is 0 Å². The summed E-state index contributed by atoms with van der Waals surface area (Å²) in [4.78, 5) is 35.0. The van der Waals surface area contributed by atoms with Crippen molar-refractivity contribution in [2.45, 2.75) is 13.5 Å². The highest BCUT2D eigenvalue weighted by Gasteiger charge is 2.15. The molecule has 1 rings (SSSR count). The molecule has 1 aromatic rings. The van der Waals surface area contributed by atoms with Crippen molar-refractivity contribution < 1.29 is 19.5 Å². The summed E-state index contributed by atoms with van der Waals surface area (Å²) in [5.41, 5.74) is 0. The van der Waals surface area contributed by atoms with Gasteiger partial charge in [-0.15, -0.1) is 5.10 Å². The second-order valence-corrected chi connectivity index (χ2v) is 2.58. The van der Waals surface area contributed by atoms with Crippen molar-refractivity contribution in [2.75, 3.05) is 0 Å². The van der Waals surface area contributed by atoms with Gasteiger partial charge in [-0.25, -0.2) is 9.48 Å².